The summed E-state index contributed by atoms with van der Waals surface area (Å²) >= 11 is 5.89. The SMILES string of the molecule is CC(=O)NN=Cc1ccc(OCC(=O)O)c(Cl)c1. The highest BCUT2D eigenvalue weighted by atomic mass is 35.5. The van der Waals surface area contributed by atoms with E-state index in [1.54, 1.807) is 12.1 Å². The number of aliphatic carboxylic acids is 1. The molecule has 96 valence electrons. The van der Waals surface area contributed by atoms with Gasteiger partial charge in [-0.15, -0.1) is 0 Å². The number of hydrogen-bond acceptors (Lipinski definition) is 4. The normalized spacial score (nSPS) is 10.3. The van der Waals surface area contributed by atoms with Gasteiger partial charge >= 0.3 is 5.97 Å². The first-order valence-corrected chi connectivity index (χ1v) is 5.30. The number of hydrogen-bond donors (Lipinski definition) is 2. The first kappa shape index (κ1) is 14.0. The largest absolute Gasteiger partial charge is 0.480 e. The van der Waals surface area contributed by atoms with Gasteiger partial charge in [-0.25, -0.2) is 10.2 Å². The molecule has 0 spiro atoms. The van der Waals surface area contributed by atoms with Gasteiger partial charge in [-0.05, 0) is 23.8 Å². The van der Waals surface area contributed by atoms with Crippen molar-refractivity contribution in [2.75, 3.05) is 6.61 Å². The molecule has 1 aromatic rings. The van der Waals surface area contributed by atoms with Gasteiger partial charge in [0, 0.05) is 6.92 Å². The predicted octanol–water partition coefficient (Wildman–Crippen LogP) is 1.27. The summed E-state index contributed by atoms with van der Waals surface area (Å²) in [5, 5.41) is 12.4. The molecule has 2 N–H and O–H groups in total. The molecule has 6 nitrogen and oxygen atoms in total. The highest BCUT2D eigenvalue weighted by Crippen LogP contribution is 2.24. The molecule has 0 saturated carbocycles. The number of benzene rings is 1. The van der Waals surface area contributed by atoms with Gasteiger partial charge < -0.3 is 9.84 Å². The number of carboxylic acids is 1. The quantitative estimate of drug-likeness (QED) is 0.623. The number of carbonyl (C=O) groups excluding carboxylic acids is 1. The van der Waals surface area contributed by atoms with E-state index in [0.29, 0.717) is 5.56 Å². The number of nitrogens with zero attached hydrogens (tertiary/aromatic N) is 1. The summed E-state index contributed by atoms with van der Waals surface area (Å²) in [5.41, 5.74) is 2.90. The van der Waals surface area contributed by atoms with Crippen LogP contribution in [0.3, 0.4) is 0 Å². The molecule has 18 heavy (non-hydrogen) atoms. The fourth-order valence-electron chi connectivity index (χ4n) is 1.05. The maximum atomic E-state index is 10.6. The minimum Gasteiger partial charge on any atom is -0.480 e. The van der Waals surface area contributed by atoms with Crippen LogP contribution < -0.4 is 10.2 Å². The molecule has 0 bridgehead atoms. The third kappa shape index (κ3) is 4.84. The minimum atomic E-state index is -1.08. The maximum Gasteiger partial charge on any atom is 0.341 e. The minimum absolute atomic E-state index is 0.267. The Morgan fingerprint density at radius 3 is 2.83 bits per heavy atom. The first-order chi connectivity index (χ1) is 8.49. The van der Waals surface area contributed by atoms with E-state index < -0.39 is 12.6 Å². The van der Waals surface area contributed by atoms with Crippen molar-refractivity contribution in [3.8, 4) is 5.75 Å². The van der Waals surface area contributed by atoms with Crippen molar-refractivity contribution in [1.29, 1.82) is 0 Å². The third-order valence-corrected chi connectivity index (χ3v) is 2.04. The number of nitrogens with one attached hydrogen (secondary N) is 1. The zero-order valence-electron chi connectivity index (χ0n) is 9.51. The second-order valence-electron chi connectivity index (χ2n) is 3.30. The van der Waals surface area contributed by atoms with Gasteiger partial charge in [-0.1, -0.05) is 11.6 Å². The van der Waals surface area contributed by atoms with Crippen LogP contribution in [0.15, 0.2) is 23.3 Å². The smallest absolute Gasteiger partial charge is 0.341 e. The molecule has 1 rings (SSSR count). The molecule has 0 aliphatic rings. The van der Waals surface area contributed by atoms with Crippen molar-refractivity contribution in [1.82, 2.24) is 5.43 Å². The molecule has 0 aliphatic heterocycles. The van der Waals surface area contributed by atoms with E-state index in [-0.39, 0.29) is 16.7 Å². The van der Waals surface area contributed by atoms with Crippen molar-refractivity contribution >= 4 is 29.7 Å². The van der Waals surface area contributed by atoms with Crippen LogP contribution >= 0.6 is 11.6 Å². The summed E-state index contributed by atoms with van der Waals surface area (Å²) in [5.74, 6) is -1.09. The molecule has 0 radical (unpaired) electrons. The van der Waals surface area contributed by atoms with Gasteiger partial charge in [-0.2, -0.15) is 5.10 Å². The molecular weight excluding hydrogens is 260 g/mol. The van der Waals surface area contributed by atoms with Gasteiger partial charge in [0.1, 0.15) is 5.75 Å². The van der Waals surface area contributed by atoms with Crippen LogP contribution in [0.2, 0.25) is 5.02 Å². The van der Waals surface area contributed by atoms with Crippen LogP contribution in [0, 0.1) is 0 Å². The van der Waals surface area contributed by atoms with Crippen LogP contribution in [0.1, 0.15) is 12.5 Å². The number of rotatable bonds is 5. The Kier molecular flexibility index (Phi) is 5.13. The average molecular weight is 271 g/mol. The lowest BCUT2D eigenvalue weighted by Gasteiger charge is -2.05. The third-order valence-electron chi connectivity index (χ3n) is 1.74. The summed E-state index contributed by atoms with van der Waals surface area (Å²) in [4.78, 5) is 20.9. The lowest BCUT2D eigenvalue weighted by molar-refractivity contribution is -0.139. The molecule has 0 aliphatic carbocycles. The summed E-state index contributed by atoms with van der Waals surface area (Å²) in [6.07, 6.45) is 1.41. The molecular formula is C11H11ClN2O4. The molecule has 0 heterocycles. The molecule has 1 aromatic carbocycles. The summed E-state index contributed by atoms with van der Waals surface area (Å²) < 4.78 is 4.95. The number of carbonyl (C=O) groups is 2. The number of halogens is 1. The number of ether oxygens (including phenoxy) is 1. The van der Waals surface area contributed by atoms with Crippen LogP contribution in [0.5, 0.6) is 5.75 Å². The predicted molar refractivity (Wildman–Crippen MR) is 66.0 cm³/mol. The summed E-state index contributed by atoms with van der Waals surface area (Å²) in [6.45, 7) is 0.881. The monoisotopic (exact) mass is 270 g/mol. The van der Waals surface area contributed by atoms with E-state index in [4.69, 9.17) is 21.4 Å². The fraction of sp³-hybridized carbons (Fsp3) is 0.182. The fourth-order valence-corrected chi connectivity index (χ4v) is 1.30. The van der Waals surface area contributed by atoms with Crippen molar-refractivity contribution < 1.29 is 19.4 Å². The van der Waals surface area contributed by atoms with Crippen molar-refractivity contribution in [3.63, 3.8) is 0 Å². The second-order valence-corrected chi connectivity index (χ2v) is 3.71. The van der Waals surface area contributed by atoms with E-state index in [0.717, 1.165) is 0 Å². The second kappa shape index (κ2) is 6.61. The van der Waals surface area contributed by atoms with Crippen LogP contribution in [0.4, 0.5) is 0 Å². The molecule has 1 amide bonds. The number of carboxylic acid groups (broad SMARTS) is 1. The van der Waals surface area contributed by atoms with Gasteiger partial charge in [0.05, 0.1) is 11.2 Å². The molecule has 0 fully saturated rings. The molecule has 0 saturated heterocycles. The Labute approximate surface area is 108 Å². The summed E-state index contributed by atoms with van der Waals surface area (Å²) in [6, 6.07) is 4.71. The zero-order valence-corrected chi connectivity index (χ0v) is 10.3. The van der Waals surface area contributed by atoms with Gasteiger partial charge in [0.15, 0.2) is 6.61 Å². The zero-order chi connectivity index (χ0) is 13.5. The molecule has 0 aromatic heterocycles. The van der Waals surface area contributed by atoms with Crippen molar-refractivity contribution in [2.45, 2.75) is 6.92 Å². The van der Waals surface area contributed by atoms with Crippen molar-refractivity contribution in [3.05, 3.63) is 28.8 Å². The Hall–Kier alpha value is -2.08. The Bertz CT molecular complexity index is 488. The van der Waals surface area contributed by atoms with Gasteiger partial charge in [0.2, 0.25) is 5.91 Å². The van der Waals surface area contributed by atoms with Crippen molar-refractivity contribution in [2.24, 2.45) is 5.10 Å². The lowest BCUT2D eigenvalue weighted by Crippen LogP contribution is -2.12. The van der Waals surface area contributed by atoms with Crippen LogP contribution in [-0.2, 0) is 9.59 Å². The van der Waals surface area contributed by atoms with E-state index in [2.05, 4.69) is 10.5 Å². The van der Waals surface area contributed by atoms with Crippen LogP contribution in [-0.4, -0.2) is 29.8 Å². The van der Waals surface area contributed by atoms with E-state index in [1.165, 1.54) is 19.2 Å². The molecule has 0 unspecified atom stereocenters. The van der Waals surface area contributed by atoms with E-state index in [1.807, 2.05) is 0 Å². The number of amides is 1. The Morgan fingerprint density at radius 2 is 2.28 bits per heavy atom. The van der Waals surface area contributed by atoms with Gasteiger partial charge in [0.25, 0.3) is 0 Å². The maximum absolute atomic E-state index is 10.6. The first-order valence-electron chi connectivity index (χ1n) is 4.93. The highest BCUT2D eigenvalue weighted by molar-refractivity contribution is 6.32. The molecule has 0 atom stereocenters. The van der Waals surface area contributed by atoms with Gasteiger partial charge in [-0.3, -0.25) is 4.79 Å². The Balaban J connectivity index is 2.69. The Morgan fingerprint density at radius 1 is 1.56 bits per heavy atom. The van der Waals surface area contributed by atoms with E-state index in [9.17, 15) is 9.59 Å². The average Bonchev–Trinajstić information content (AvgIpc) is 2.27. The highest BCUT2D eigenvalue weighted by Gasteiger charge is 2.04. The van der Waals surface area contributed by atoms with E-state index >= 15 is 0 Å². The summed E-state index contributed by atoms with van der Waals surface area (Å²) in [7, 11) is 0. The van der Waals surface area contributed by atoms with Crippen LogP contribution in [0.25, 0.3) is 0 Å². The topological polar surface area (TPSA) is 88.0 Å². The standard InChI is InChI=1S/C11H11ClN2O4/c1-7(15)14-13-5-8-2-3-10(9(12)4-8)18-6-11(16)17/h2-5H,6H2,1H3,(H,14,15)(H,16,17). The lowest BCUT2D eigenvalue weighted by atomic mass is 10.2. The molecule has 7 heteroatoms. The number of hydrazone groups is 1.